The zero-order chi connectivity index (χ0) is 8.43. The molecule has 0 amide bonds. The van der Waals surface area contributed by atoms with Gasteiger partial charge in [0.1, 0.15) is 11.5 Å². The summed E-state index contributed by atoms with van der Waals surface area (Å²) in [6.07, 6.45) is 0. The third-order valence-electron chi connectivity index (χ3n) is 1.46. The second-order valence-corrected chi connectivity index (χ2v) is 2.34. The maximum absolute atomic E-state index is 5.47. The second-order valence-electron chi connectivity index (χ2n) is 2.34. The number of hydrazone groups is 1. The minimum atomic E-state index is 0.305. The molecule has 1 aromatic heterocycles. The third-order valence-corrected chi connectivity index (χ3v) is 1.46. The lowest BCUT2D eigenvalue weighted by Crippen LogP contribution is -2.15. The summed E-state index contributed by atoms with van der Waals surface area (Å²) in [4.78, 5) is 0. The van der Waals surface area contributed by atoms with Crippen LogP contribution >= 0.6 is 0 Å². The highest BCUT2D eigenvalue weighted by Crippen LogP contribution is 2.12. The molecule has 4 nitrogen and oxygen atoms in total. The monoisotopic (exact) mass is 153 g/mol. The first-order chi connectivity index (χ1) is 5.15. The summed E-state index contributed by atoms with van der Waals surface area (Å²) < 4.78 is 5.22. The Balaban J connectivity index is 3.13. The van der Waals surface area contributed by atoms with Gasteiger partial charge >= 0.3 is 0 Å². The van der Waals surface area contributed by atoms with Gasteiger partial charge in [-0.2, -0.15) is 5.10 Å². The van der Waals surface area contributed by atoms with Gasteiger partial charge in [-0.1, -0.05) is 0 Å². The molecule has 1 rings (SSSR count). The Morgan fingerprint density at radius 1 is 1.55 bits per heavy atom. The molecule has 0 spiro atoms. The van der Waals surface area contributed by atoms with Crippen LogP contribution in [0.4, 0.5) is 0 Å². The van der Waals surface area contributed by atoms with Crippen molar-refractivity contribution in [2.45, 2.75) is 13.8 Å². The number of aryl methyl sites for hydroxylation is 2. The van der Waals surface area contributed by atoms with Crippen molar-refractivity contribution in [3.05, 3.63) is 23.2 Å². The van der Waals surface area contributed by atoms with Gasteiger partial charge in [-0.3, -0.25) is 0 Å². The van der Waals surface area contributed by atoms with E-state index in [2.05, 4.69) is 5.10 Å². The zero-order valence-corrected chi connectivity index (χ0v) is 6.59. The fourth-order valence-electron chi connectivity index (χ4n) is 0.955. The van der Waals surface area contributed by atoms with Crippen LogP contribution in [0.3, 0.4) is 0 Å². The lowest BCUT2D eigenvalue weighted by molar-refractivity contribution is 0.504. The molecule has 0 saturated carbocycles. The van der Waals surface area contributed by atoms with Crippen molar-refractivity contribution in [3.63, 3.8) is 0 Å². The Morgan fingerprint density at radius 2 is 2.18 bits per heavy atom. The molecule has 0 radical (unpaired) electrons. The molecule has 0 bridgehead atoms. The van der Waals surface area contributed by atoms with Gasteiger partial charge in [-0.25, -0.2) is 0 Å². The van der Waals surface area contributed by atoms with Gasteiger partial charge in [0.15, 0.2) is 5.84 Å². The summed E-state index contributed by atoms with van der Waals surface area (Å²) >= 11 is 0. The van der Waals surface area contributed by atoms with E-state index in [1.165, 1.54) is 0 Å². The summed E-state index contributed by atoms with van der Waals surface area (Å²) in [5.74, 6) is 6.86. The molecule has 0 aliphatic carbocycles. The molecule has 1 aromatic rings. The van der Waals surface area contributed by atoms with E-state index in [9.17, 15) is 0 Å². The number of hydrogen-bond acceptors (Lipinski definition) is 3. The van der Waals surface area contributed by atoms with E-state index in [1.807, 2.05) is 13.8 Å². The van der Waals surface area contributed by atoms with Crippen LogP contribution in [0.25, 0.3) is 0 Å². The van der Waals surface area contributed by atoms with Crippen LogP contribution in [0.2, 0.25) is 0 Å². The molecule has 0 fully saturated rings. The lowest BCUT2D eigenvalue weighted by Gasteiger charge is -1.92. The minimum absolute atomic E-state index is 0.305. The summed E-state index contributed by atoms with van der Waals surface area (Å²) in [6.45, 7) is 3.67. The Bertz CT molecular complexity index is 288. The largest absolute Gasteiger partial charge is 0.466 e. The van der Waals surface area contributed by atoms with Crippen molar-refractivity contribution in [1.82, 2.24) is 0 Å². The first kappa shape index (κ1) is 7.65. The van der Waals surface area contributed by atoms with E-state index in [0.717, 1.165) is 17.1 Å². The Kier molecular flexibility index (Phi) is 1.85. The predicted octanol–water partition coefficient (Wildman–Crippen LogP) is 0.475. The van der Waals surface area contributed by atoms with E-state index in [4.69, 9.17) is 16.0 Å². The summed E-state index contributed by atoms with van der Waals surface area (Å²) in [5, 5.41) is 3.37. The average Bonchev–Trinajstić information content (AvgIpc) is 2.28. The highest BCUT2D eigenvalue weighted by Gasteiger charge is 2.07. The van der Waals surface area contributed by atoms with Gasteiger partial charge < -0.3 is 16.0 Å². The summed E-state index contributed by atoms with van der Waals surface area (Å²) in [7, 11) is 0. The van der Waals surface area contributed by atoms with Crippen LogP contribution in [0.5, 0.6) is 0 Å². The predicted molar refractivity (Wildman–Crippen MR) is 43.1 cm³/mol. The van der Waals surface area contributed by atoms with Crippen molar-refractivity contribution >= 4 is 5.84 Å². The fraction of sp³-hybridized carbons (Fsp3) is 0.286. The number of furan rings is 1. The van der Waals surface area contributed by atoms with Gasteiger partial charge in [0, 0.05) is 0 Å². The minimum Gasteiger partial charge on any atom is -0.466 e. The fourth-order valence-corrected chi connectivity index (χ4v) is 0.955. The van der Waals surface area contributed by atoms with Crippen LogP contribution in [-0.4, -0.2) is 5.84 Å². The topological polar surface area (TPSA) is 77.5 Å². The van der Waals surface area contributed by atoms with Crippen molar-refractivity contribution < 1.29 is 4.42 Å². The molecular formula is C7H11N3O. The molecule has 0 aliphatic heterocycles. The van der Waals surface area contributed by atoms with Crippen molar-refractivity contribution in [2.75, 3.05) is 0 Å². The van der Waals surface area contributed by atoms with Crippen molar-refractivity contribution in [1.29, 1.82) is 0 Å². The van der Waals surface area contributed by atoms with E-state index in [-0.39, 0.29) is 0 Å². The Labute approximate surface area is 64.9 Å². The standard InChI is InChI=1S/C7H11N3O/c1-4-3-6(5(2)11-4)7(8)10-9/h3H,9H2,1-2H3,(H2,8,10). The van der Waals surface area contributed by atoms with Crippen molar-refractivity contribution in [2.24, 2.45) is 16.7 Å². The smallest absolute Gasteiger partial charge is 0.153 e. The van der Waals surface area contributed by atoms with Crippen LogP contribution in [0, 0.1) is 13.8 Å². The SMILES string of the molecule is Cc1cc(/C(N)=N/N)c(C)o1. The molecule has 4 N–H and O–H groups in total. The lowest BCUT2D eigenvalue weighted by atomic mass is 10.2. The van der Waals surface area contributed by atoms with Crippen LogP contribution in [0.15, 0.2) is 15.6 Å². The molecule has 1 heterocycles. The first-order valence-electron chi connectivity index (χ1n) is 3.26. The van der Waals surface area contributed by atoms with Gasteiger partial charge in [-0.05, 0) is 19.9 Å². The maximum atomic E-state index is 5.47. The molecule has 0 unspecified atom stereocenters. The third kappa shape index (κ3) is 1.34. The zero-order valence-electron chi connectivity index (χ0n) is 6.59. The Hall–Kier alpha value is -1.45. The second kappa shape index (κ2) is 2.65. The summed E-state index contributed by atoms with van der Waals surface area (Å²) in [5.41, 5.74) is 6.24. The maximum Gasteiger partial charge on any atom is 0.153 e. The molecule has 60 valence electrons. The van der Waals surface area contributed by atoms with Gasteiger partial charge in [0.2, 0.25) is 0 Å². The molecule has 0 atom stereocenters. The summed E-state index contributed by atoms with van der Waals surface area (Å²) in [6, 6.07) is 1.81. The first-order valence-corrected chi connectivity index (χ1v) is 3.26. The molecule has 4 heteroatoms. The average molecular weight is 153 g/mol. The number of amidine groups is 1. The number of nitrogens with two attached hydrogens (primary N) is 2. The van der Waals surface area contributed by atoms with Crippen molar-refractivity contribution in [3.8, 4) is 0 Å². The van der Waals surface area contributed by atoms with E-state index >= 15 is 0 Å². The molecule has 11 heavy (non-hydrogen) atoms. The van der Waals surface area contributed by atoms with Crippen LogP contribution in [0.1, 0.15) is 17.1 Å². The molecule has 0 aromatic carbocycles. The molecular weight excluding hydrogens is 142 g/mol. The molecule has 0 aliphatic rings. The molecule has 0 saturated heterocycles. The highest BCUT2D eigenvalue weighted by molar-refractivity contribution is 5.98. The van der Waals surface area contributed by atoms with Crippen LogP contribution < -0.4 is 11.6 Å². The van der Waals surface area contributed by atoms with E-state index in [1.54, 1.807) is 6.07 Å². The van der Waals surface area contributed by atoms with Gasteiger partial charge in [0.05, 0.1) is 5.56 Å². The highest BCUT2D eigenvalue weighted by atomic mass is 16.3. The van der Waals surface area contributed by atoms with Gasteiger partial charge in [0.25, 0.3) is 0 Å². The Morgan fingerprint density at radius 3 is 2.55 bits per heavy atom. The normalized spacial score (nSPS) is 12.0. The van der Waals surface area contributed by atoms with Gasteiger partial charge in [-0.15, -0.1) is 0 Å². The quantitative estimate of drug-likeness (QED) is 0.266. The van der Waals surface area contributed by atoms with E-state index < -0.39 is 0 Å². The number of nitrogens with zero attached hydrogens (tertiary/aromatic N) is 1. The van der Waals surface area contributed by atoms with E-state index in [0.29, 0.717) is 5.84 Å². The van der Waals surface area contributed by atoms with Crippen LogP contribution in [-0.2, 0) is 0 Å². The number of rotatable bonds is 1. The number of hydrogen-bond donors (Lipinski definition) is 2.